The number of carbonyl (C=O) groups excluding carboxylic acids is 1. The van der Waals surface area contributed by atoms with Gasteiger partial charge in [-0.1, -0.05) is 0 Å². The van der Waals surface area contributed by atoms with Crippen LogP contribution in [0.15, 0.2) is 42.6 Å². The first-order chi connectivity index (χ1) is 15.4. The number of nitrogens with one attached hydrogen (secondary N) is 1. The topological polar surface area (TPSA) is 67.3 Å². The third-order valence-electron chi connectivity index (χ3n) is 6.30. The van der Waals surface area contributed by atoms with Crippen molar-refractivity contribution < 1.29 is 9.53 Å². The molecule has 1 fully saturated rings. The number of ketones is 1. The number of carbonyl (C=O) groups is 1. The molecule has 0 radical (unpaired) electrons. The van der Waals surface area contributed by atoms with Gasteiger partial charge in [0.2, 0.25) is 0 Å². The molecular weight excluding hydrogens is 471 g/mol. The smallest absolute Gasteiger partial charge is 0.163 e. The minimum absolute atomic E-state index is 0. The minimum Gasteiger partial charge on any atom is -0.497 e. The Balaban J connectivity index is 0.00000204. The molecule has 1 aromatic carbocycles. The van der Waals surface area contributed by atoms with Crippen LogP contribution in [0.25, 0.3) is 22.3 Å². The molecule has 1 aliphatic carbocycles. The first-order valence-electron chi connectivity index (χ1n) is 11.3. The van der Waals surface area contributed by atoms with E-state index in [-0.39, 0.29) is 30.6 Å². The van der Waals surface area contributed by atoms with Crippen LogP contribution in [0.3, 0.4) is 0 Å². The summed E-state index contributed by atoms with van der Waals surface area (Å²) < 4.78 is 5.27. The monoisotopic (exact) mass is 504 g/mol. The number of halogens is 2. The summed E-state index contributed by atoms with van der Waals surface area (Å²) in [6, 6.07) is 12.1. The van der Waals surface area contributed by atoms with Crippen molar-refractivity contribution in [3.8, 4) is 17.0 Å². The van der Waals surface area contributed by atoms with Crippen molar-refractivity contribution in [1.29, 1.82) is 0 Å². The predicted molar refractivity (Wildman–Crippen MR) is 144 cm³/mol. The molecule has 6 nitrogen and oxygen atoms in total. The van der Waals surface area contributed by atoms with Gasteiger partial charge in [-0.15, -0.1) is 24.8 Å². The van der Waals surface area contributed by atoms with Crippen molar-refractivity contribution in [3.05, 3.63) is 48.2 Å². The lowest BCUT2D eigenvalue weighted by Crippen LogP contribution is -2.31. The molecule has 0 aliphatic heterocycles. The van der Waals surface area contributed by atoms with E-state index in [1.807, 2.05) is 36.4 Å². The number of fused-ring (bicyclic) bond motifs is 1. The van der Waals surface area contributed by atoms with Gasteiger partial charge < -0.3 is 15.0 Å². The zero-order valence-corrected chi connectivity index (χ0v) is 21.8. The molecule has 0 atom stereocenters. The maximum Gasteiger partial charge on any atom is 0.163 e. The van der Waals surface area contributed by atoms with Crippen molar-refractivity contribution >= 4 is 47.3 Å². The van der Waals surface area contributed by atoms with Crippen LogP contribution < -0.4 is 10.1 Å². The number of methoxy groups -OCH3 is 1. The van der Waals surface area contributed by atoms with Crippen LogP contribution >= 0.6 is 24.8 Å². The largest absolute Gasteiger partial charge is 0.497 e. The lowest BCUT2D eigenvalue weighted by Gasteiger charge is -2.31. The Kier molecular flexibility index (Phi) is 10.1. The Bertz CT molecular complexity index is 1100. The standard InChI is InChI=1S/C26H32N4O2.2ClH/c1-17(31)22-15-27-24-14-13-23(19-7-11-21(32-4)12-8-19)29-26(24)25(22)28-20-9-5-18(6-10-20)16-30(2)3;;/h7-8,11-15,18,20H,5-6,9-10,16H2,1-4H3,(H,27,28);2*1H. The van der Waals surface area contributed by atoms with Crippen molar-refractivity contribution in [2.75, 3.05) is 33.1 Å². The quantitative estimate of drug-likeness (QED) is 0.405. The van der Waals surface area contributed by atoms with Crippen LogP contribution in [0, 0.1) is 5.92 Å². The molecule has 34 heavy (non-hydrogen) atoms. The van der Waals surface area contributed by atoms with Crippen LogP contribution in [0.5, 0.6) is 5.75 Å². The maximum absolute atomic E-state index is 12.4. The molecule has 1 N–H and O–H groups in total. The number of rotatable bonds is 7. The summed E-state index contributed by atoms with van der Waals surface area (Å²) >= 11 is 0. The Labute approximate surface area is 214 Å². The maximum atomic E-state index is 12.4. The molecule has 0 amide bonds. The summed E-state index contributed by atoms with van der Waals surface area (Å²) in [4.78, 5) is 24.1. The number of anilines is 1. The highest BCUT2D eigenvalue weighted by atomic mass is 35.5. The van der Waals surface area contributed by atoms with Crippen molar-refractivity contribution in [2.45, 2.75) is 38.6 Å². The molecule has 1 saturated carbocycles. The lowest BCUT2D eigenvalue weighted by molar-refractivity contribution is 0.101. The second-order valence-corrected chi connectivity index (χ2v) is 9.02. The average molecular weight is 505 g/mol. The molecule has 0 unspecified atom stereocenters. The molecule has 2 aromatic heterocycles. The van der Waals surface area contributed by atoms with E-state index >= 15 is 0 Å². The van der Waals surface area contributed by atoms with Gasteiger partial charge in [0.25, 0.3) is 0 Å². The van der Waals surface area contributed by atoms with Gasteiger partial charge in [-0.3, -0.25) is 9.78 Å². The molecule has 3 aromatic rings. The number of ether oxygens (including phenoxy) is 1. The number of benzene rings is 1. The Morgan fingerprint density at radius 1 is 1.06 bits per heavy atom. The fraction of sp³-hybridized carbons (Fsp3) is 0.423. The molecule has 4 rings (SSSR count). The number of nitrogens with zero attached hydrogens (tertiary/aromatic N) is 3. The van der Waals surface area contributed by atoms with Crippen molar-refractivity contribution in [2.24, 2.45) is 5.92 Å². The van der Waals surface area contributed by atoms with E-state index < -0.39 is 0 Å². The summed E-state index contributed by atoms with van der Waals surface area (Å²) in [5, 5.41) is 3.69. The zero-order valence-electron chi connectivity index (χ0n) is 20.2. The van der Waals surface area contributed by atoms with Gasteiger partial charge in [0, 0.05) is 24.3 Å². The molecule has 0 spiro atoms. The first kappa shape index (κ1) is 27.8. The SMILES string of the molecule is COc1ccc(-c2ccc3ncc(C(C)=O)c(NC4CCC(CN(C)C)CC4)c3n2)cc1.Cl.Cl. The molecular formula is C26H34Cl2N4O2. The predicted octanol–water partition coefficient (Wildman–Crippen LogP) is 5.88. The summed E-state index contributed by atoms with van der Waals surface area (Å²) in [6.07, 6.45) is 6.26. The first-order valence-corrected chi connectivity index (χ1v) is 11.3. The highest BCUT2D eigenvalue weighted by Crippen LogP contribution is 2.32. The van der Waals surface area contributed by atoms with Gasteiger partial charge in [-0.25, -0.2) is 4.98 Å². The zero-order chi connectivity index (χ0) is 22.7. The number of aromatic nitrogens is 2. The Morgan fingerprint density at radius 2 is 1.74 bits per heavy atom. The summed E-state index contributed by atoms with van der Waals surface area (Å²) in [5.74, 6) is 1.55. The molecule has 8 heteroatoms. The fourth-order valence-electron chi connectivity index (χ4n) is 4.61. The van der Waals surface area contributed by atoms with Crippen LogP contribution in [0.4, 0.5) is 5.69 Å². The van der Waals surface area contributed by atoms with Gasteiger partial charge >= 0.3 is 0 Å². The molecule has 0 bridgehead atoms. The van der Waals surface area contributed by atoms with Gasteiger partial charge in [-0.2, -0.15) is 0 Å². The van der Waals surface area contributed by atoms with Crippen molar-refractivity contribution in [1.82, 2.24) is 14.9 Å². The highest BCUT2D eigenvalue weighted by Gasteiger charge is 2.24. The van der Waals surface area contributed by atoms with Crippen LogP contribution in [-0.2, 0) is 0 Å². The molecule has 2 heterocycles. The van der Waals surface area contributed by atoms with E-state index in [4.69, 9.17) is 9.72 Å². The van der Waals surface area contributed by atoms with Gasteiger partial charge in [-0.05, 0) is 89.0 Å². The van der Waals surface area contributed by atoms with E-state index in [9.17, 15) is 4.79 Å². The Hall–Kier alpha value is -2.41. The van der Waals surface area contributed by atoms with E-state index in [1.165, 1.54) is 12.8 Å². The molecule has 0 saturated heterocycles. The number of pyridine rings is 2. The van der Waals surface area contributed by atoms with E-state index in [0.29, 0.717) is 11.6 Å². The van der Waals surface area contributed by atoms with Crippen molar-refractivity contribution in [3.63, 3.8) is 0 Å². The second-order valence-electron chi connectivity index (χ2n) is 9.02. The third kappa shape index (κ3) is 6.38. The molecule has 184 valence electrons. The lowest BCUT2D eigenvalue weighted by atomic mass is 9.85. The van der Waals surface area contributed by atoms with E-state index in [1.54, 1.807) is 20.2 Å². The van der Waals surface area contributed by atoms with Gasteiger partial charge in [0.1, 0.15) is 11.3 Å². The third-order valence-corrected chi connectivity index (χ3v) is 6.30. The summed E-state index contributed by atoms with van der Waals surface area (Å²) in [7, 11) is 5.93. The van der Waals surface area contributed by atoms with Crippen LogP contribution in [0.1, 0.15) is 43.0 Å². The summed E-state index contributed by atoms with van der Waals surface area (Å²) in [5.41, 5.74) is 4.80. The Morgan fingerprint density at radius 3 is 2.32 bits per heavy atom. The van der Waals surface area contributed by atoms with Crippen LogP contribution in [0.2, 0.25) is 0 Å². The fourth-order valence-corrected chi connectivity index (χ4v) is 4.61. The normalized spacial score (nSPS) is 17.6. The average Bonchev–Trinajstić information content (AvgIpc) is 2.79. The second kappa shape index (κ2) is 12.3. The van der Waals surface area contributed by atoms with E-state index in [2.05, 4.69) is 29.3 Å². The minimum atomic E-state index is -0.000144. The number of hydrogen-bond acceptors (Lipinski definition) is 6. The highest BCUT2D eigenvalue weighted by molar-refractivity contribution is 6.06. The number of hydrogen-bond donors (Lipinski definition) is 1. The molecule has 1 aliphatic rings. The van der Waals surface area contributed by atoms with Gasteiger partial charge in [0.15, 0.2) is 5.78 Å². The number of Topliss-reactive ketones (excluding diaryl/α,β-unsaturated/α-hetero) is 1. The van der Waals surface area contributed by atoms with Crippen LogP contribution in [-0.4, -0.2) is 54.4 Å². The van der Waals surface area contributed by atoms with Gasteiger partial charge in [0.05, 0.1) is 29.6 Å². The van der Waals surface area contributed by atoms with E-state index in [0.717, 1.165) is 59.0 Å². The summed E-state index contributed by atoms with van der Waals surface area (Å²) in [6.45, 7) is 2.73.